The lowest BCUT2D eigenvalue weighted by atomic mass is 10.2. The van der Waals surface area contributed by atoms with Gasteiger partial charge in [0.15, 0.2) is 11.5 Å². The summed E-state index contributed by atoms with van der Waals surface area (Å²) in [6.45, 7) is 0. The molecule has 2 aromatic heterocycles. The van der Waals surface area contributed by atoms with Crippen LogP contribution in [0, 0.1) is 0 Å². The highest BCUT2D eigenvalue weighted by Gasteiger charge is 2.18. The molecule has 164 valence electrons. The third-order valence-corrected chi connectivity index (χ3v) is 6.76. The summed E-state index contributed by atoms with van der Waals surface area (Å²) < 4.78 is 7.63. The summed E-state index contributed by atoms with van der Waals surface area (Å²) in [4.78, 5) is 34.7. The third-order valence-electron chi connectivity index (χ3n) is 4.97. The van der Waals surface area contributed by atoms with Crippen LogP contribution in [0.5, 0.6) is 5.75 Å². The van der Waals surface area contributed by atoms with Gasteiger partial charge in [-0.3, -0.25) is 13.9 Å². The van der Waals surface area contributed by atoms with Crippen molar-refractivity contribution in [2.24, 2.45) is 14.1 Å². The Balaban J connectivity index is 1.88. The Kier molecular flexibility index (Phi) is 6.28. The molecule has 0 saturated carbocycles. The molecule has 0 radical (unpaired) electrons. The molecule has 0 atom stereocenters. The Morgan fingerprint density at radius 2 is 1.69 bits per heavy atom. The highest BCUT2D eigenvalue weighted by Crippen LogP contribution is 2.31. The number of thioether (sulfide) groups is 1. The first-order chi connectivity index (χ1) is 15.3. The fourth-order valence-corrected chi connectivity index (χ4v) is 4.46. The SMILES string of the molecule is COc1ccc(-c2nc(SCc3ccc(Cl)c(Cl)c3)c3c(=O)n(C)c(=O)n(C)c3n2)cc1. The van der Waals surface area contributed by atoms with E-state index in [2.05, 4.69) is 9.97 Å². The molecule has 32 heavy (non-hydrogen) atoms. The molecular formula is C22H18Cl2N4O3S. The van der Waals surface area contributed by atoms with E-state index in [9.17, 15) is 9.59 Å². The van der Waals surface area contributed by atoms with Crippen molar-refractivity contribution >= 4 is 46.0 Å². The first-order valence-corrected chi connectivity index (χ1v) is 11.2. The zero-order valence-electron chi connectivity index (χ0n) is 17.4. The van der Waals surface area contributed by atoms with E-state index in [1.807, 2.05) is 18.2 Å². The minimum Gasteiger partial charge on any atom is -0.497 e. The Labute approximate surface area is 197 Å². The van der Waals surface area contributed by atoms with Crippen molar-refractivity contribution in [1.29, 1.82) is 0 Å². The molecule has 7 nitrogen and oxygen atoms in total. The summed E-state index contributed by atoms with van der Waals surface area (Å²) in [5.41, 5.74) is 1.03. The van der Waals surface area contributed by atoms with Crippen LogP contribution >= 0.6 is 35.0 Å². The van der Waals surface area contributed by atoms with Gasteiger partial charge in [0, 0.05) is 25.4 Å². The summed E-state index contributed by atoms with van der Waals surface area (Å²) >= 11 is 13.5. The predicted molar refractivity (Wildman–Crippen MR) is 128 cm³/mol. The zero-order valence-corrected chi connectivity index (χ0v) is 19.8. The lowest BCUT2D eigenvalue weighted by molar-refractivity contribution is 0.415. The first kappa shape index (κ1) is 22.4. The molecular weight excluding hydrogens is 471 g/mol. The minimum atomic E-state index is -0.456. The molecule has 4 rings (SSSR count). The van der Waals surface area contributed by atoms with Gasteiger partial charge in [0.05, 0.1) is 17.2 Å². The number of nitrogens with zero attached hydrogens (tertiary/aromatic N) is 4. The lowest BCUT2D eigenvalue weighted by Gasteiger charge is -2.12. The van der Waals surface area contributed by atoms with Crippen molar-refractivity contribution in [2.75, 3.05) is 7.11 Å². The van der Waals surface area contributed by atoms with Gasteiger partial charge in [0.2, 0.25) is 0 Å². The first-order valence-electron chi connectivity index (χ1n) is 9.49. The Hall–Kier alpha value is -2.81. The normalized spacial score (nSPS) is 11.2. The van der Waals surface area contributed by atoms with Gasteiger partial charge in [-0.05, 0) is 42.0 Å². The topological polar surface area (TPSA) is 79.0 Å². The largest absolute Gasteiger partial charge is 0.497 e. The van der Waals surface area contributed by atoms with Crippen molar-refractivity contribution in [2.45, 2.75) is 10.8 Å². The molecule has 0 unspecified atom stereocenters. The van der Waals surface area contributed by atoms with E-state index in [4.69, 9.17) is 27.9 Å². The summed E-state index contributed by atoms with van der Waals surface area (Å²) in [6.07, 6.45) is 0. The Morgan fingerprint density at radius 3 is 2.34 bits per heavy atom. The van der Waals surface area contributed by atoms with E-state index in [0.717, 1.165) is 15.7 Å². The van der Waals surface area contributed by atoms with Crippen LogP contribution in [0.25, 0.3) is 22.4 Å². The van der Waals surface area contributed by atoms with E-state index in [1.54, 1.807) is 38.4 Å². The maximum absolute atomic E-state index is 13.0. The highest BCUT2D eigenvalue weighted by molar-refractivity contribution is 7.98. The van der Waals surface area contributed by atoms with E-state index in [-0.39, 0.29) is 11.0 Å². The van der Waals surface area contributed by atoms with Crippen LogP contribution < -0.4 is 16.0 Å². The zero-order chi connectivity index (χ0) is 23.0. The van der Waals surface area contributed by atoms with Crippen LogP contribution in [0.4, 0.5) is 0 Å². The van der Waals surface area contributed by atoms with Crippen LogP contribution in [0.1, 0.15) is 5.56 Å². The molecule has 0 aliphatic carbocycles. The fraction of sp³-hybridized carbons (Fsp3) is 0.182. The second-order valence-electron chi connectivity index (χ2n) is 7.02. The summed E-state index contributed by atoms with van der Waals surface area (Å²) in [6, 6.07) is 12.6. The summed E-state index contributed by atoms with van der Waals surface area (Å²) in [5, 5.41) is 1.69. The molecule has 2 aromatic carbocycles. The Morgan fingerprint density at radius 1 is 0.969 bits per heavy atom. The molecule has 0 aliphatic heterocycles. The molecule has 0 bridgehead atoms. The fourth-order valence-electron chi connectivity index (χ4n) is 3.18. The van der Waals surface area contributed by atoms with Crippen LogP contribution in [0.15, 0.2) is 57.1 Å². The highest BCUT2D eigenvalue weighted by atomic mass is 35.5. The van der Waals surface area contributed by atoms with E-state index >= 15 is 0 Å². The molecule has 0 amide bonds. The van der Waals surface area contributed by atoms with Gasteiger partial charge in [-0.1, -0.05) is 29.3 Å². The number of aromatic nitrogens is 4. The van der Waals surface area contributed by atoms with Crippen molar-refractivity contribution in [3.8, 4) is 17.1 Å². The van der Waals surface area contributed by atoms with Crippen molar-refractivity contribution in [3.63, 3.8) is 0 Å². The maximum Gasteiger partial charge on any atom is 0.332 e. The predicted octanol–water partition coefficient (Wildman–Crippen LogP) is 4.30. The van der Waals surface area contributed by atoms with Gasteiger partial charge in [0.25, 0.3) is 5.56 Å². The summed E-state index contributed by atoms with van der Waals surface area (Å²) in [7, 11) is 4.61. The number of hydrogen-bond acceptors (Lipinski definition) is 6. The van der Waals surface area contributed by atoms with Gasteiger partial charge < -0.3 is 4.74 Å². The second kappa shape index (κ2) is 8.97. The number of hydrogen-bond donors (Lipinski definition) is 0. The summed E-state index contributed by atoms with van der Waals surface area (Å²) in [5.74, 6) is 1.60. The molecule has 0 N–H and O–H groups in total. The maximum atomic E-state index is 13.0. The van der Waals surface area contributed by atoms with Crippen molar-refractivity contribution in [1.82, 2.24) is 19.1 Å². The van der Waals surface area contributed by atoms with E-state index in [0.29, 0.717) is 32.4 Å². The number of methoxy groups -OCH3 is 1. The van der Waals surface area contributed by atoms with Gasteiger partial charge in [-0.25, -0.2) is 14.8 Å². The van der Waals surface area contributed by atoms with E-state index < -0.39 is 11.2 Å². The third kappa shape index (κ3) is 4.13. The molecule has 0 saturated heterocycles. The number of ether oxygens (including phenoxy) is 1. The molecule has 2 heterocycles. The number of benzene rings is 2. The smallest absolute Gasteiger partial charge is 0.332 e. The lowest BCUT2D eigenvalue weighted by Crippen LogP contribution is -2.37. The van der Waals surface area contributed by atoms with Crippen LogP contribution in [0.3, 0.4) is 0 Å². The quantitative estimate of drug-likeness (QED) is 0.307. The minimum absolute atomic E-state index is 0.274. The number of aryl methyl sites for hydroxylation is 1. The number of fused-ring (bicyclic) bond motifs is 1. The monoisotopic (exact) mass is 488 g/mol. The van der Waals surface area contributed by atoms with Gasteiger partial charge >= 0.3 is 5.69 Å². The number of rotatable bonds is 5. The van der Waals surface area contributed by atoms with Gasteiger partial charge in [-0.2, -0.15) is 0 Å². The molecule has 0 fully saturated rings. The van der Waals surface area contributed by atoms with E-state index in [1.165, 1.54) is 23.4 Å². The average Bonchev–Trinajstić information content (AvgIpc) is 2.81. The van der Waals surface area contributed by atoms with Crippen LogP contribution in [-0.2, 0) is 19.8 Å². The van der Waals surface area contributed by atoms with Gasteiger partial charge in [-0.15, -0.1) is 11.8 Å². The Bertz CT molecular complexity index is 1450. The van der Waals surface area contributed by atoms with Crippen molar-refractivity contribution in [3.05, 3.63) is 78.9 Å². The van der Waals surface area contributed by atoms with Crippen LogP contribution in [-0.4, -0.2) is 26.2 Å². The second-order valence-corrected chi connectivity index (χ2v) is 8.80. The van der Waals surface area contributed by atoms with Crippen LogP contribution in [0.2, 0.25) is 10.0 Å². The van der Waals surface area contributed by atoms with Gasteiger partial charge in [0.1, 0.15) is 16.2 Å². The average molecular weight is 489 g/mol. The molecule has 0 aliphatic rings. The van der Waals surface area contributed by atoms with Crippen molar-refractivity contribution < 1.29 is 4.74 Å². The molecule has 4 aromatic rings. The number of halogens is 2. The molecule has 10 heteroatoms. The molecule has 0 spiro atoms. The standard InChI is InChI=1S/C22H18Cl2N4O3S/c1-27-19-17(21(29)28(2)22(27)30)20(32-11-12-4-9-15(23)16(24)10-12)26-18(25-19)13-5-7-14(31-3)8-6-13/h4-10H,11H2,1-3H3.